The van der Waals surface area contributed by atoms with Crippen molar-refractivity contribution < 1.29 is 9.84 Å². The van der Waals surface area contributed by atoms with Crippen molar-refractivity contribution in [1.29, 1.82) is 0 Å². The molecule has 5 nitrogen and oxygen atoms in total. The van der Waals surface area contributed by atoms with E-state index in [4.69, 9.17) is 10.5 Å². The lowest BCUT2D eigenvalue weighted by atomic mass is 10.0. The maximum absolute atomic E-state index is 10.3. The summed E-state index contributed by atoms with van der Waals surface area (Å²) >= 11 is 0. The first-order chi connectivity index (χ1) is 9.56. The van der Waals surface area contributed by atoms with Crippen LogP contribution in [0.3, 0.4) is 0 Å². The summed E-state index contributed by atoms with van der Waals surface area (Å²) in [6.07, 6.45) is 0.657. The van der Waals surface area contributed by atoms with E-state index in [9.17, 15) is 5.11 Å². The van der Waals surface area contributed by atoms with Crippen LogP contribution in [0.1, 0.15) is 12.1 Å². The molecule has 0 spiro atoms. The second-order valence-electron chi connectivity index (χ2n) is 5.47. The van der Waals surface area contributed by atoms with Crippen molar-refractivity contribution in [2.24, 2.45) is 0 Å². The molecule has 106 valence electrons. The molecule has 20 heavy (non-hydrogen) atoms. The highest BCUT2D eigenvalue weighted by molar-refractivity contribution is 5.93. The number of nitrogens with two attached hydrogens (primary N) is 1. The molecule has 1 fully saturated rings. The van der Waals surface area contributed by atoms with Gasteiger partial charge in [0, 0.05) is 42.0 Å². The number of anilines is 2. The number of nitrogen functional groups attached to an aromatic ring is 1. The van der Waals surface area contributed by atoms with Crippen LogP contribution in [0, 0.1) is 6.92 Å². The Balaban J connectivity index is 1.91. The summed E-state index contributed by atoms with van der Waals surface area (Å²) in [7, 11) is 0. The molecule has 5 heteroatoms. The number of nitrogens with zero attached hydrogens (tertiary/aromatic N) is 1. The van der Waals surface area contributed by atoms with Crippen molar-refractivity contribution in [1.82, 2.24) is 4.98 Å². The van der Waals surface area contributed by atoms with Crippen molar-refractivity contribution in [3.8, 4) is 0 Å². The fourth-order valence-corrected chi connectivity index (χ4v) is 2.52. The van der Waals surface area contributed by atoms with Gasteiger partial charge in [-0.15, -0.1) is 0 Å². The van der Waals surface area contributed by atoms with Gasteiger partial charge in [0.2, 0.25) is 0 Å². The topological polar surface area (TPSA) is 80.4 Å². The number of pyridine rings is 1. The van der Waals surface area contributed by atoms with Gasteiger partial charge >= 0.3 is 0 Å². The first-order valence-electron chi connectivity index (χ1n) is 6.77. The van der Waals surface area contributed by atoms with Gasteiger partial charge in [-0.05, 0) is 31.2 Å². The first kappa shape index (κ1) is 13.1. The molecule has 0 bridgehead atoms. The Kier molecular flexibility index (Phi) is 3.23. The molecule has 4 N–H and O–H groups in total. The highest BCUT2D eigenvalue weighted by Crippen LogP contribution is 2.27. The Morgan fingerprint density at radius 3 is 3.05 bits per heavy atom. The molecule has 1 aliphatic rings. The SMILES string of the molecule is Cc1cc(NCC2(O)CCOC2)c2cc(N)ccc2n1. The third kappa shape index (κ3) is 2.55. The average Bonchev–Trinajstić information content (AvgIpc) is 2.84. The van der Waals surface area contributed by atoms with Crippen LogP contribution in [-0.2, 0) is 4.74 Å². The first-order valence-corrected chi connectivity index (χ1v) is 6.77. The normalized spacial score (nSPS) is 22.3. The van der Waals surface area contributed by atoms with E-state index in [2.05, 4.69) is 10.3 Å². The van der Waals surface area contributed by atoms with Gasteiger partial charge < -0.3 is 20.9 Å². The zero-order valence-electron chi connectivity index (χ0n) is 11.5. The number of aromatic nitrogens is 1. The number of ether oxygens (including phenoxy) is 1. The van der Waals surface area contributed by atoms with Crippen molar-refractivity contribution >= 4 is 22.3 Å². The van der Waals surface area contributed by atoms with Crippen LogP contribution in [0.5, 0.6) is 0 Å². The molecule has 1 aromatic heterocycles. The molecule has 3 rings (SSSR count). The summed E-state index contributed by atoms with van der Waals surface area (Å²) in [4.78, 5) is 4.49. The van der Waals surface area contributed by atoms with E-state index < -0.39 is 5.60 Å². The minimum Gasteiger partial charge on any atom is -0.399 e. The lowest BCUT2D eigenvalue weighted by Crippen LogP contribution is -2.37. The molecule has 2 heterocycles. The second-order valence-corrected chi connectivity index (χ2v) is 5.47. The van der Waals surface area contributed by atoms with Gasteiger partial charge in [0.15, 0.2) is 0 Å². The fourth-order valence-electron chi connectivity index (χ4n) is 2.52. The Bertz CT molecular complexity index is 636. The smallest absolute Gasteiger partial charge is 0.107 e. The molecule has 0 radical (unpaired) electrons. The van der Waals surface area contributed by atoms with Crippen LogP contribution >= 0.6 is 0 Å². The molecule has 1 unspecified atom stereocenters. The predicted molar refractivity (Wildman–Crippen MR) is 79.8 cm³/mol. The van der Waals surface area contributed by atoms with Gasteiger partial charge in [-0.2, -0.15) is 0 Å². The van der Waals surface area contributed by atoms with Crippen molar-refractivity contribution in [3.05, 3.63) is 30.0 Å². The summed E-state index contributed by atoms with van der Waals surface area (Å²) in [6.45, 7) is 3.40. The monoisotopic (exact) mass is 273 g/mol. The van der Waals surface area contributed by atoms with Crippen LogP contribution < -0.4 is 11.1 Å². The number of aliphatic hydroxyl groups is 1. The number of hydrogen-bond acceptors (Lipinski definition) is 5. The van der Waals surface area contributed by atoms with Gasteiger partial charge in [-0.3, -0.25) is 4.98 Å². The van der Waals surface area contributed by atoms with Crippen molar-refractivity contribution in [2.45, 2.75) is 18.9 Å². The third-order valence-electron chi connectivity index (χ3n) is 3.65. The largest absolute Gasteiger partial charge is 0.399 e. The Morgan fingerprint density at radius 2 is 2.30 bits per heavy atom. The molecular formula is C15H19N3O2. The van der Waals surface area contributed by atoms with Crippen LogP contribution in [0.25, 0.3) is 10.9 Å². The molecule has 1 saturated heterocycles. The number of fused-ring (bicyclic) bond motifs is 1. The molecular weight excluding hydrogens is 254 g/mol. The highest BCUT2D eigenvalue weighted by atomic mass is 16.5. The molecule has 0 amide bonds. The van der Waals surface area contributed by atoms with Crippen molar-refractivity contribution in [3.63, 3.8) is 0 Å². The van der Waals surface area contributed by atoms with Gasteiger partial charge in [0.25, 0.3) is 0 Å². The van der Waals surface area contributed by atoms with Crippen LogP contribution in [0.2, 0.25) is 0 Å². The second kappa shape index (κ2) is 4.92. The van der Waals surface area contributed by atoms with E-state index in [1.54, 1.807) is 0 Å². The van der Waals surface area contributed by atoms with E-state index in [0.717, 1.165) is 22.3 Å². The maximum Gasteiger partial charge on any atom is 0.107 e. The molecule has 0 aliphatic carbocycles. The minimum absolute atomic E-state index is 0.379. The summed E-state index contributed by atoms with van der Waals surface area (Å²) < 4.78 is 5.26. The summed E-state index contributed by atoms with van der Waals surface area (Å²) in [5, 5.41) is 14.6. The van der Waals surface area contributed by atoms with E-state index >= 15 is 0 Å². The van der Waals surface area contributed by atoms with E-state index in [1.165, 1.54) is 0 Å². The number of nitrogens with one attached hydrogen (secondary N) is 1. The number of hydrogen-bond donors (Lipinski definition) is 3. The van der Waals surface area contributed by atoms with Gasteiger partial charge in [0.05, 0.1) is 12.1 Å². The van der Waals surface area contributed by atoms with Crippen LogP contribution in [0.15, 0.2) is 24.3 Å². The van der Waals surface area contributed by atoms with E-state index in [0.29, 0.717) is 31.9 Å². The van der Waals surface area contributed by atoms with Crippen LogP contribution in [-0.4, -0.2) is 35.5 Å². The Morgan fingerprint density at radius 1 is 1.45 bits per heavy atom. The van der Waals surface area contributed by atoms with Gasteiger partial charge in [-0.1, -0.05) is 0 Å². The molecule has 0 saturated carbocycles. The average molecular weight is 273 g/mol. The molecule has 1 aromatic carbocycles. The highest BCUT2D eigenvalue weighted by Gasteiger charge is 2.32. The summed E-state index contributed by atoms with van der Waals surface area (Å²) in [5.74, 6) is 0. The molecule has 2 aromatic rings. The van der Waals surface area contributed by atoms with Crippen molar-refractivity contribution in [2.75, 3.05) is 30.8 Å². The maximum atomic E-state index is 10.3. The van der Waals surface area contributed by atoms with E-state index in [-0.39, 0.29) is 0 Å². The third-order valence-corrected chi connectivity index (χ3v) is 3.65. The standard InChI is InChI=1S/C15H19N3O2/c1-10-6-14(17-8-15(19)4-5-20-9-15)12-7-11(16)2-3-13(12)18-10/h2-3,6-7,19H,4-5,8-9,16H2,1H3,(H,17,18). The molecule has 1 aliphatic heterocycles. The zero-order valence-corrected chi connectivity index (χ0v) is 11.5. The lowest BCUT2D eigenvalue weighted by Gasteiger charge is -2.22. The van der Waals surface area contributed by atoms with Gasteiger partial charge in [-0.25, -0.2) is 0 Å². The number of aryl methyl sites for hydroxylation is 1. The summed E-state index contributed by atoms with van der Waals surface area (Å²) in [6, 6.07) is 7.63. The lowest BCUT2D eigenvalue weighted by molar-refractivity contribution is 0.0382. The quantitative estimate of drug-likeness (QED) is 0.741. The van der Waals surface area contributed by atoms with Crippen LogP contribution in [0.4, 0.5) is 11.4 Å². The van der Waals surface area contributed by atoms with Gasteiger partial charge in [0.1, 0.15) is 5.60 Å². The zero-order chi connectivity index (χ0) is 14.2. The minimum atomic E-state index is -0.788. The Hall–Kier alpha value is -1.85. The summed E-state index contributed by atoms with van der Waals surface area (Å²) in [5.41, 5.74) is 8.54. The predicted octanol–water partition coefficient (Wildman–Crippen LogP) is 1.69. The Labute approximate surface area is 117 Å². The number of rotatable bonds is 3. The molecule has 1 atom stereocenters. The number of benzene rings is 1. The van der Waals surface area contributed by atoms with E-state index in [1.807, 2.05) is 31.2 Å². The fraction of sp³-hybridized carbons (Fsp3) is 0.400.